The molecule has 0 amide bonds. The third kappa shape index (κ3) is 2.34. The van der Waals surface area contributed by atoms with E-state index in [0.29, 0.717) is 10.4 Å². The smallest absolute Gasteiger partial charge is 0.144 e. The second-order valence-corrected chi connectivity index (χ2v) is 5.14. The molecule has 2 atom stereocenters. The zero-order valence-electron chi connectivity index (χ0n) is 6.13. The van der Waals surface area contributed by atoms with E-state index in [2.05, 4.69) is 0 Å². The maximum atomic E-state index is 11.2. The third-order valence-corrected chi connectivity index (χ3v) is 3.91. The van der Waals surface area contributed by atoms with Gasteiger partial charge in [0, 0.05) is 6.42 Å². The Kier molecular flexibility index (Phi) is 3.91. The van der Waals surface area contributed by atoms with Gasteiger partial charge >= 0.3 is 0 Å². The molecule has 1 saturated heterocycles. The van der Waals surface area contributed by atoms with Gasteiger partial charge in [0.2, 0.25) is 0 Å². The summed E-state index contributed by atoms with van der Waals surface area (Å²) < 4.78 is 0. The van der Waals surface area contributed by atoms with E-state index in [-0.39, 0.29) is 0 Å². The Labute approximate surface area is 69.7 Å². The van der Waals surface area contributed by atoms with Gasteiger partial charge in [-0.3, -0.25) is 0 Å². The van der Waals surface area contributed by atoms with E-state index in [9.17, 15) is 5.21 Å². The predicted molar refractivity (Wildman–Crippen MR) is 47.9 cm³/mol. The van der Waals surface area contributed by atoms with Crippen LogP contribution in [0.3, 0.4) is 0 Å². The van der Waals surface area contributed by atoms with E-state index < -0.39 is 0 Å². The minimum absolute atomic E-state index is 0.309. The van der Waals surface area contributed by atoms with Gasteiger partial charge in [-0.05, 0) is 29.9 Å². The van der Waals surface area contributed by atoms with Gasteiger partial charge in [0.1, 0.15) is 5.37 Å². The van der Waals surface area contributed by atoms with E-state index >= 15 is 0 Å². The summed E-state index contributed by atoms with van der Waals surface area (Å²) in [4.78, 5) is 0. The van der Waals surface area contributed by atoms with Gasteiger partial charge in [-0.15, -0.1) is 0 Å². The molecule has 0 bridgehead atoms. The molecular formula is C6H13NOS2. The van der Waals surface area contributed by atoms with Gasteiger partial charge in [0.05, 0.1) is 6.54 Å². The highest BCUT2D eigenvalue weighted by Crippen LogP contribution is 2.24. The van der Waals surface area contributed by atoms with Crippen LogP contribution in [0.1, 0.15) is 19.3 Å². The lowest BCUT2D eigenvalue weighted by Crippen LogP contribution is -3.11. The summed E-state index contributed by atoms with van der Waals surface area (Å²) in [6.07, 6.45) is 5.49. The van der Waals surface area contributed by atoms with Crippen molar-refractivity contribution in [1.29, 1.82) is 0 Å². The van der Waals surface area contributed by atoms with Crippen molar-refractivity contribution in [1.82, 2.24) is 0 Å². The quantitative estimate of drug-likeness (QED) is 0.504. The molecule has 1 aliphatic heterocycles. The highest BCUT2D eigenvalue weighted by molar-refractivity contribution is 8.76. The Morgan fingerprint density at radius 2 is 2.30 bits per heavy atom. The van der Waals surface area contributed by atoms with Crippen molar-refractivity contribution in [2.24, 2.45) is 0 Å². The summed E-state index contributed by atoms with van der Waals surface area (Å²) in [5.41, 5.74) is 0. The third-order valence-electron chi connectivity index (χ3n) is 1.71. The Balaban J connectivity index is 2.25. The SMILES string of the molecule is CSSC1CCCC[NH+]1[O-]. The fourth-order valence-electron chi connectivity index (χ4n) is 1.17. The molecule has 4 heteroatoms. The topological polar surface area (TPSA) is 27.5 Å². The molecule has 1 rings (SSSR count). The number of nitrogens with one attached hydrogen (secondary N) is 1. The molecule has 0 spiro atoms. The molecular weight excluding hydrogens is 166 g/mol. The minimum Gasteiger partial charge on any atom is -0.633 e. The van der Waals surface area contributed by atoms with Crippen LogP contribution in [-0.4, -0.2) is 18.2 Å². The predicted octanol–water partition coefficient (Wildman–Crippen LogP) is 0.890. The van der Waals surface area contributed by atoms with Gasteiger partial charge < -0.3 is 10.3 Å². The molecule has 0 aliphatic carbocycles. The molecule has 1 aliphatic rings. The van der Waals surface area contributed by atoms with E-state index in [0.717, 1.165) is 19.4 Å². The fraction of sp³-hybridized carbons (Fsp3) is 1.00. The Bertz CT molecular complexity index is 99.7. The highest BCUT2D eigenvalue weighted by Gasteiger charge is 2.19. The van der Waals surface area contributed by atoms with Crippen molar-refractivity contribution in [3.63, 3.8) is 0 Å². The van der Waals surface area contributed by atoms with E-state index in [1.165, 1.54) is 6.42 Å². The normalized spacial score (nSPS) is 34.2. The lowest BCUT2D eigenvalue weighted by Gasteiger charge is -2.33. The highest BCUT2D eigenvalue weighted by atomic mass is 33.1. The summed E-state index contributed by atoms with van der Waals surface area (Å²) in [7, 11) is 3.44. The van der Waals surface area contributed by atoms with Crippen LogP contribution < -0.4 is 5.06 Å². The Morgan fingerprint density at radius 3 is 2.90 bits per heavy atom. The zero-order valence-corrected chi connectivity index (χ0v) is 7.76. The van der Waals surface area contributed by atoms with Crippen LogP contribution in [0.15, 0.2) is 0 Å². The zero-order chi connectivity index (χ0) is 7.40. The van der Waals surface area contributed by atoms with Crippen molar-refractivity contribution < 1.29 is 5.06 Å². The monoisotopic (exact) mass is 179 g/mol. The van der Waals surface area contributed by atoms with Crippen LogP contribution >= 0.6 is 21.6 Å². The van der Waals surface area contributed by atoms with Crippen LogP contribution in [0.25, 0.3) is 0 Å². The second-order valence-electron chi connectivity index (χ2n) is 2.46. The molecule has 1 N–H and O–H groups in total. The standard InChI is InChI=1S/C6H13NOS2/c1-9-10-6-4-2-3-5-7(6)8/h6-7H,2-5H2,1H3. The maximum Gasteiger partial charge on any atom is 0.144 e. The number of piperidine rings is 1. The first-order valence-electron chi connectivity index (χ1n) is 3.57. The first-order valence-corrected chi connectivity index (χ1v) is 6.19. The Morgan fingerprint density at radius 1 is 1.50 bits per heavy atom. The minimum atomic E-state index is 0.309. The molecule has 2 unspecified atom stereocenters. The first-order chi connectivity index (χ1) is 4.84. The van der Waals surface area contributed by atoms with E-state index in [1.807, 2.05) is 6.26 Å². The average molecular weight is 179 g/mol. The molecule has 0 saturated carbocycles. The van der Waals surface area contributed by atoms with Gasteiger partial charge in [-0.1, -0.05) is 10.8 Å². The summed E-state index contributed by atoms with van der Waals surface area (Å²) in [5.74, 6) is 0. The molecule has 1 fully saturated rings. The van der Waals surface area contributed by atoms with Gasteiger partial charge in [-0.25, -0.2) is 0 Å². The van der Waals surface area contributed by atoms with Crippen molar-refractivity contribution in [2.75, 3.05) is 12.8 Å². The van der Waals surface area contributed by atoms with Gasteiger partial charge in [0.25, 0.3) is 0 Å². The van der Waals surface area contributed by atoms with E-state index in [1.54, 1.807) is 21.6 Å². The molecule has 2 nitrogen and oxygen atoms in total. The fourth-order valence-corrected chi connectivity index (χ4v) is 3.20. The molecule has 10 heavy (non-hydrogen) atoms. The van der Waals surface area contributed by atoms with Crippen LogP contribution in [-0.2, 0) is 0 Å². The van der Waals surface area contributed by atoms with E-state index in [4.69, 9.17) is 0 Å². The number of hydroxylamine groups is 2. The van der Waals surface area contributed by atoms with Crippen LogP contribution in [0.5, 0.6) is 0 Å². The van der Waals surface area contributed by atoms with Gasteiger partial charge in [0.15, 0.2) is 0 Å². The van der Waals surface area contributed by atoms with Crippen molar-refractivity contribution in [3.05, 3.63) is 5.21 Å². The molecule has 0 radical (unpaired) electrons. The molecule has 0 aromatic heterocycles. The lowest BCUT2D eigenvalue weighted by atomic mass is 10.2. The molecule has 1 heterocycles. The van der Waals surface area contributed by atoms with Crippen LogP contribution in [0.2, 0.25) is 0 Å². The van der Waals surface area contributed by atoms with Gasteiger partial charge in [-0.2, -0.15) is 0 Å². The van der Waals surface area contributed by atoms with Crippen molar-refractivity contribution in [2.45, 2.75) is 24.6 Å². The summed E-state index contributed by atoms with van der Waals surface area (Å²) in [6, 6.07) is 0. The largest absolute Gasteiger partial charge is 0.633 e. The second kappa shape index (κ2) is 4.49. The average Bonchev–Trinajstić information content (AvgIpc) is 1.94. The summed E-state index contributed by atoms with van der Waals surface area (Å²) in [5, 5.41) is 11.9. The first kappa shape index (κ1) is 8.71. The van der Waals surface area contributed by atoms with Crippen LogP contribution in [0, 0.1) is 5.21 Å². The molecule has 0 aromatic carbocycles. The Hall–Kier alpha value is 0.620. The van der Waals surface area contributed by atoms with Crippen molar-refractivity contribution in [3.8, 4) is 0 Å². The summed E-state index contributed by atoms with van der Waals surface area (Å²) in [6.45, 7) is 0.818. The number of hydrogen-bond acceptors (Lipinski definition) is 3. The number of rotatable bonds is 2. The number of hydrogen-bond donors (Lipinski definition) is 1. The molecule has 0 aromatic rings. The lowest BCUT2D eigenvalue weighted by molar-refractivity contribution is -0.864. The summed E-state index contributed by atoms with van der Waals surface area (Å²) >= 11 is 0. The molecule has 60 valence electrons. The van der Waals surface area contributed by atoms with Crippen molar-refractivity contribution >= 4 is 21.6 Å². The number of quaternary nitrogens is 1. The van der Waals surface area contributed by atoms with Crippen LogP contribution in [0.4, 0.5) is 0 Å². The maximum absolute atomic E-state index is 11.2.